The minimum atomic E-state index is -0.415. The quantitative estimate of drug-likeness (QED) is 0.662. The smallest absolute Gasteiger partial charge is 0.241 e. The van der Waals surface area contributed by atoms with Crippen LogP contribution in [0.25, 0.3) is 0 Å². The third kappa shape index (κ3) is 6.70. The molecule has 0 fully saturated rings. The van der Waals surface area contributed by atoms with Gasteiger partial charge in [-0.1, -0.05) is 37.3 Å². The molecule has 0 heterocycles. The third-order valence-electron chi connectivity index (χ3n) is 4.42. The predicted molar refractivity (Wildman–Crippen MR) is 111 cm³/mol. The number of rotatable bonds is 10. The summed E-state index contributed by atoms with van der Waals surface area (Å²) < 4.78 is 5.76. The van der Waals surface area contributed by atoms with Crippen LogP contribution in [-0.2, 0) is 16.2 Å². The molecule has 0 aliphatic rings. The zero-order chi connectivity index (χ0) is 20.4. The van der Waals surface area contributed by atoms with Crippen LogP contribution in [0.2, 0.25) is 0 Å². The molecule has 2 aromatic rings. The first kappa shape index (κ1) is 21.4. The van der Waals surface area contributed by atoms with Crippen molar-refractivity contribution in [3.05, 3.63) is 60.2 Å². The number of benzene rings is 2. The standard InChI is InChI=1S/C22H29N3O3/c1-4-23-21(26)15-25(5-2)17(3)22(27)24-19-11-13-20(14-12-19)28-16-18-9-7-6-8-10-18/h6-14,17H,4-5,15-16H2,1-3H3,(H,23,26)(H,24,27)/t17-/m1/s1. The van der Waals surface area contributed by atoms with E-state index < -0.39 is 6.04 Å². The zero-order valence-electron chi connectivity index (χ0n) is 16.8. The molecule has 0 aromatic heterocycles. The van der Waals surface area contributed by atoms with E-state index in [2.05, 4.69) is 10.6 Å². The molecule has 2 amide bonds. The fourth-order valence-corrected chi connectivity index (χ4v) is 2.75. The highest BCUT2D eigenvalue weighted by atomic mass is 16.5. The first-order valence-corrected chi connectivity index (χ1v) is 9.61. The predicted octanol–water partition coefficient (Wildman–Crippen LogP) is 3.05. The molecule has 6 nitrogen and oxygen atoms in total. The van der Waals surface area contributed by atoms with Crippen LogP contribution in [-0.4, -0.2) is 42.4 Å². The van der Waals surface area contributed by atoms with E-state index in [1.165, 1.54) is 0 Å². The van der Waals surface area contributed by atoms with Crippen molar-refractivity contribution < 1.29 is 14.3 Å². The highest BCUT2D eigenvalue weighted by Gasteiger charge is 2.22. The number of carbonyl (C=O) groups is 2. The van der Waals surface area contributed by atoms with Crippen LogP contribution in [0.15, 0.2) is 54.6 Å². The summed E-state index contributed by atoms with van der Waals surface area (Å²) >= 11 is 0. The topological polar surface area (TPSA) is 70.7 Å². The van der Waals surface area contributed by atoms with Crippen LogP contribution in [0, 0.1) is 0 Å². The minimum absolute atomic E-state index is 0.0797. The van der Waals surface area contributed by atoms with Gasteiger partial charge in [-0.2, -0.15) is 0 Å². The van der Waals surface area contributed by atoms with E-state index in [1.54, 1.807) is 6.92 Å². The Morgan fingerprint density at radius 2 is 1.71 bits per heavy atom. The Labute approximate surface area is 166 Å². The van der Waals surface area contributed by atoms with Crippen molar-refractivity contribution in [1.82, 2.24) is 10.2 Å². The average molecular weight is 383 g/mol. The molecule has 0 saturated heterocycles. The van der Waals surface area contributed by atoms with Gasteiger partial charge in [-0.15, -0.1) is 0 Å². The van der Waals surface area contributed by atoms with E-state index in [0.29, 0.717) is 25.4 Å². The maximum absolute atomic E-state index is 12.5. The van der Waals surface area contributed by atoms with Gasteiger partial charge in [0.2, 0.25) is 11.8 Å². The average Bonchev–Trinajstić information content (AvgIpc) is 2.72. The second-order valence-corrected chi connectivity index (χ2v) is 6.48. The fourth-order valence-electron chi connectivity index (χ4n) is 2.75. The number of hydrogen-bond acceptors (Lipinski definition) is 4. The monoisotopic (exact) mass is 383 g/mol. The van der Waals surface area contributed by atoms with E-state index in [9.17, 15) is 9.59 Å². The van der Waals surface area contributed by atoms with Crippen LogP contribution in [0.4, 0.5) is 5.69 Å². The normalized spacial score (nSPS) is 11.7. The number of anilines is 1. The molecule has 0 aliphatic heterocycles. The molecule has 0 saturated carbocycles. The second kappa shape index (κ2) is 11.1. The Bertz CT molecular complexity index is 747. The number of ether oxygens (including phenoxy) is 1. The van der Waals surface area contributed by atoms with Gasteiger partial charge in [0.1, 0.15) is 12.4 Å². The molecular weight excluding hydrogens is 354 g/mol. The Morgan fingerprint density at radius 1 is 1.04 bits per heavy atom. The second-order valence-electron chi connectivity index (χ2n) is 6.48. The summed E-state index contributed by atoms with van der Waals surface area (Å²) in [6, 6.07) is 16.8. The number of hydrogen-bond donors (Lipinski definition) is 2. The SMILES string of the molecule is CCNC(=O)CN(CC)[C@H](C)C(=O)Nc1ccc(OCc2ccccc2)cc1. The van der Waals surface area contributed by atoms with Gasteiger partial charge < -0.3 is 15.4 Å². The number of nitrogens with one attached hydrogen (secondary N) is 2. The molecule has 0 aliphatic carbocycles. The van der Waals surface area contributed by atoms with Gasteiger partial charge in [-0.3, -0.25) is 14.5 Å². The van der Waals surface area contributed by atoms with Gasteiger partial charge in [0, 0.05) is 12.2 Å². The summed E-state index contributed by atoms with van der Waals surface area (Å²) in [6.07, 6.45) is 0. The molecular formula is C22H29N3O3. The molecule has 0 spiro atoms. The molecule has 2 aromatic carbocycles. The lowest BCUT2D eigenvalue weighted by Crippen LogP contribution is -2.46. The summed E-state index contributed by atoms with van der Waals surface area (Å²) in [4.78, 5) is 26.2. The maximum atomic E-state index is 12.5. The van der Waals surface area contributed by atoms with E-state index in [-0.39, 0.29) is 18.4 Å². The summed E-state index contributed by atoms with van der Waals surface area (Å²) in [7, 11) is 0. The van der Waals surface area contributed by atoms with Crippen molar-refractivity contribution in [2.24, 2.45) is 0 Å². The van der Waals surface area contributed by atoms with Gasteiger partial charge in [0.15, 0.2) is 0 Å². The lowest BCUT2D eigenvalue weighted by Gasteiger charge is -2.26. The Kier molecular flexibility index (Phi) is 8.49. The van der Waals surface area contributed by atoms with E-state index >= 15 is 0 Å². The summed E-state index contributed by atoms with van der Waals surface area (Å²) in [5.74, 6) is 0.509. The molecule has 150 valence electrons. The van der Waals surface area contributed by atoms with E-state index in [4.69, 9.17) is 4.74 Å². The highest BCUT2D eigenvalue weighted by molar-refractivity contribution is 5.95. The Balaban J connectivity index is 1.87. The first-order chi connectivity index (χ1) is 13.5. The van der Waals surface area contributed by atoms with Crippen molar-refractivity contribution in [3.8, 4) is 5.75 Å². The first-order valence-electron chi connectivity index (χ1n) is 9.61. The van der Waals surface area contributed by atoms with Gasteiger partial charge in [-0.25, -0.2) is 0 Å². The Morgan fingerprint density at radius 3 is 2.32 bits per heavy atom. The fraction of sp³-hybridized carbons (Fsp3) is 0.364. The summed E-state index contributed by atoms with van der Waals surface area (Å²) in [6.45, 7) is 7.49. The van der Waals surface area contributed by atoms with Crippen molar-refractivity contribution in [3.63, 3.8) is 0 Å². The molecule has 0 unspecified atom stereocenters. The van der Waals surface area contributed by atoms with Gasteiger partial charge in [0.25, 0.3) is 0 Å². The van der Waals surface area contributed by atoms with Crippen LogP contribution in [0.3, 0.4) is 0 Å². The molecule has 0 bridgehead atoms. The van der Waals surface area contributed by atoms with Crippen LogP contribution >= 0.6 is 0 Å². The molecule has 28 heavy (non-hydrogen) atoms. The Hall–Kier alpha value is -2.86. The van der Waals surface area contributed by atoms with Gasteiger partial charge >= 0.3 is 0 Å². The van der Waals surface area contributed by atoms with Crippen molar-refractivity contribution in [1.29, 1.82) is 0 Å². The lowest BCUT2D eigenvalue weighted by molar-refractivity contribution is -0.125. The summed E-state index contributed by atoms with van der Waals surface area (Å²) in [5.41, 5.74) is 1.79. The third-order valence-corrected chi connectivity index (χ3v) is 4.42. The minimum Gasteiger partial charge on any atom is -0.489 e. The molecule has 2 rings (SSSR count). The number of amides is 2. The summed E-state index contributed by atoms with van der Waals surface area (Å²) in [5, 5.41) is 5.65. The lowest BCUT2D eigenvalue weighted by atomic mass is 10.2. The molecule has 1 atom stereocenters. The van der Waals surface area contributed by atoms with Gasteiger partial charge in [0.05, 0.1) is 12.6 Å². The number of nitrogens with zero attached hydrogens (tertiary/aromatic N) is 1. The number of likely N-dealkylation sites (N-methyl/N-ethyl adjacent to an activating group) is 2. The zero-order valence-corrected chi connectivity index (χ0v) is 16.8. The molecule has 0 radical (unpaired) electrons. The van der Waals surface area contributed by atoms with Gasteiger partial charge in [-0.05, 0) is 50.2 Å². The highest BCUT2D eigenvalue weighted by Crippen LogP contribution is 2.17. The van der Waals surface area contributed by atoms with Crippen molar-refractivity contribution in [2.75, 3.05) is 25.0 Å². The van der Waals surface area contributed by atoms with E-state index in [0.717, 1.165) is 11.3 Å². The maximum Gasteiger partial charge on any atom is 0.241 e. The van der Waals surface area contributed by atoms with Crippen LogP contribution < -0.4 is 15.4 Å². The van der Waals surface area contributed by atoms with Crippen molar-refractivity contribution in [2.45, 2.75) is 33.4 Å². The molecule has 6 heteroatoms. The van der Waals surface area contributed by atoms with Crippen LogP contribution in [0.1, 0.15) is 26.3 Å². The van der Waals surface area contributed by atoms with Crippen molar-refractivity contribution >= 4 is 17.5 Å². The van der Waals surface area contributed by atoms with E-state index in [1.807, 2.05) is 73.3 Å². The largest absolute Gasteiger partial charge is 0.489 e. The molecule has 2 N–H and O–H groups in total. The number of carbonyl (C=O) groups excluding carboxylic acids is 2. The van der Waals surface area contributed by atoms with Crippen LogP contribution in [0.5, 0.6) is 5.75 Å².